The van der Waals surface area contributed by atoms with Crippen molar-refractivity contribution in [3.05, 3.63) is 144 Å². The van der Waals surface area contributed by atoms with Gasteiger partial charge in [-0.1, -0.05) is 121 Å². The van der Waals surface area contributed by atoms with Crippen LogP contribution in [0, 0.1) is 5.41 Å². The summed E-state index contributed by atoms with van der Waals surface area (Å²) in [5.41, 5.74) is 6.86. The summed E-state index contributed by atoms with van der Waals surface area (Å²) < 4.78 is 6.17. The average molecular weight is 521 g/mol. The number of hydrogen-bond acceptors (Lipinski definition) is 4. The predicted molar refractivity (Wildman–Crippen MR) is 149 cm³/mol. The molecule has 1 aliphatic heterocycles. The topological polar surface area (TPSA) is 92.9 Å². The molecule has 0 unspecified atom stereocenters. The van der Waals surface area contributed by atoms with E-state index in [1.807, 2.05) is 121 Å². The summed E-state index contributed by atoms with van der Waals surface area (Å²) >= 11 is 0. The van der Waals surface area contributed by atoms with Crippen molar-refractivity contribution in [1.82, 2.24) is 4.90 Å². The number of hydrogen-bond donors (Lipinski definition) is 2. The van der Waals surface area contributed by atoms with Gasteiger partial charge >= 0.3 is 0 Å². The fraction of sp³-hybridized carbons (Fsp3) is 0.212. The van der Waals surface area contributed by atoms with E-state index in [1.165, 1.54) is 0 Å². The number of nitrogens with zero attached hydrogens (tertiary/aromatic N) is 1. The first kappa shape index (κ1) is 26.4. The Labute approximate surface area is 228 Å². The molecule has 0 saturated carbocycles. The minimum Gasteiger partial charge on any atom is -0.396 e. The molecular weight excluding hydrogens is 488 g/mol. The van der Waals surface area contributed by atoms with E-state index in [0.717, 1.165) is 22.3 Å². The summed E-state index contributed by atoms with van der Waals surface area (Å²) in [6, 6.07) is 38.4. The number of aliphatic hydroxyl groups is 1. The Bertz CT molecular complexity index is 1300. The van der Waals surface area contributed by atoms with Crippen LogP contribution >= 0.6 is 0 Å². The van der Waals surface area contributed by atoms with Gasteiger partial charge in [-0.05, 0) is 28.7 Å². The minimum absolute atomic E-state index is 0.0673. The van der Waals surface area contributed by atoms with Crippen LogP contribution in [-0.2, 0) is 26.5 Å². The molecule has 1 saturated heterocycles. The highest BCUT2D eigenvalue weighted by Gasteiger charge is 2.69. The highest BCUT2D eigenvalue weighted by atomic mass is 16.5. The van der Waals surface area contributed by atoms with Crippen molar-refractivity contribution in [3.63, 3.8) is 0 Å². The van der Waals surface area contributed by atoms with E-state index in [0.29, 0.717) is 6.61 Å². The van der Waals surface area contributed by atoms with Gasteiger partial charge in [0.15, 0.2) is 5.41 Å². The molecule has 0 aromatic heterocycles. The van der Waals surface area contributed by atoms with E-state index < -0.39 is 28.8 Å². The van der Waals surface area contributed by atoms with E-state index in [-0.39, 0.29) is 19.6 Å². The fourth-order valence-corrected chi connectivity index (χ4v) is 5.92. The lowest BCUT2D eigenvalue weighted by molar-refractivity contribution is -0.194. The van der Waals surface area contributed by atoms with Gasteiger partial charge in [-0.25, -0.2) is 0 Å². The molecule has 5 rings (SSSR count). The third kappa shape index (κ3) is 4.42. The zero-order valence-electron chi connectivity index (χ0n) is 21.6. The molecule has 1 fully saturated rings. The average Bonchev–Trinajstić information content (AvgIpc) is 2.99. The van der Waals surface area contributed by atoms with E-state index in [1.54, 1.807) is 4.90 Å². The number of β-lactam (4-membered cyclic amide) rings is 1. The van der Waals surface area contributed by atoms with Crippen LogP contribution in [0.25, 0.3) is 0 Å². The summed E-state index contributed by atoms with van der Waals surface area (Å²) in [6.45, 7) is 0.0207. The summed E-state index contributed by atoms with van der Waals surface area (Å²) in [7, 11) is 0. The van der Waals surface area contributed by atoms with Crippen LogP contribution in [0.2, 0.25) is 0 Å². The molecule has 6 nitrogen and oxygen atoms in total. The summed E-state index contributed by atoms with van der Waals surface area (Å²) in [6.07, 6.45) is -0.0779. The molecule has 4 aromatic rings. The molecule has 198 valence electrons. The van der Waals surface area contributed by atoms with Crippen molar-refractivity contribution in [1.29, 1.82) is 0 Å². The van der Waals surface area contributed by atoms with Gasteiger partial charge in [0.05, 0.1) is 19.3 Å². The van der Waals surface area contributed by atoms with Gasteiger partial charge in [-0.2, -0.15) is 0 Å². The normalized spacial score (nSPS) is 18.9. The molecule has 2 atom stereocenters. The van der Waals surface area contributed by atoms with Crippen LogP contribution < -0.4 is 5.73 Å². The highest BCUT2D eigenvalue weighted by molar-refractivity contribution is 6.10. The smallest absolute Gasteiger partial charge is 0.242 e. The van der Waals surface area contributed by atoms with Crippen molar-refractivity contribution in [2.45, 2.75) is 24.6 Å². The number of carbonyl (C=O) groups is 2. The van der Waals surface area contributed by atoms with Crippen molar-refractivity contribution >= 4 is 11.8 Å². The number of benzene rings is 4. The molecule has 1 heterocycles. The van der Waals surface area contributed by atoms with Crippen molar-refractivity contribution < 1.29 is 19.4 Å². The number of nitrogens with two attached hydrogens (primary N) is 1. The number of carbonyl (C=O) groups excluding carboxylic acids is 2. The highest BCUT2D eigenvalue weighted by Crippen LogP contribution is 2.54. The zero-order chi connectivity index (χ0) is 27.3. The van der Waals surface area contributed by atoms with Crippen molar-refractivity contribution in [2.75, 3.05) is 13.2 Å². The lowest BCUT2D eigenvalue weighted by Gasteiger charge is -2.62. The number of primary amides is 1. The molecule has 6 heteroatoms. The molecule has 1 aliphatic rings. The second-order valence-electron chi connectivity index (χ2n) is 9.81. The van der Waals surface area contributed by atoms with Crippen LogP contribution in [0.4, 0.5) is 0 Å². The summed E-state index contributed by atoms with van der Waals surface area (Å²) in [4.78, 5) is 29.2. The van der Waals surface area contributed by atoms with Gasteiger partial charge in [-0.3, -0.25) is 9.59 Å². The van der Waals surface area contributed by atoms with Crippen molar-refractivity contribution in [2.24, 2.45) is 11.1 Å². The van der Waals surface area contributed by atoms with Crippen LogP contribution in [0.1, 0.15) is 28.7 Å². The van der Waals surface area contributed by atoms with E-state index in [4.69, 9.17) is 10.5 Å². The predicted octanol–water partition coefficient (Wildman–Crippen LogP) is 4.26. The Balaban J connectivity index is 1.70. The molecule has 0 radical (unpaired) electrons. The third-order valence-corrected chi connectivity index (χ3v) is 7.75. The fourth-order valence-electron chi connectivity index (χ4n) is 5.92. The largest absolute Gasteiger partial charge is 0.396 e. The van der Waals surface area contributed by atoms with Crippen LogP contribution in [0.15, 0.2) is 121 Å². The molecule has 0 spiro atoms. The van der Waals surface area contributed by atoms with Gasteiger partial charge in [0.2, 0.25) is 11.8 Å². The van der Waals surface area contributed by atoms with E-state index in [2.05, 4.69) is 0 Å². The second-order valence-corrected chi connectivity index (χ2v) is 9.81. The van der Waals surface area contributed by atoms with E-state index in [9.17, 15) is 14.7 Å². The van der Waals surface area contributed by atoms with Gasteiger partial charge in [-0.15, -0.1) is 0 Å². The Morgan fingerprint density at radius 2 is 1.23 bits per heavy atom. The number of rotatable bonds is 11. The van der Waals surface area contributed by atoms with Gasteiger partial charge < -0.3 is 20.5 Å². The lowest BCUT2D eigenvalue weighted by atomic mass is 9.62. The van der Waals surface area contributed by atoms with Gasteiger partial charge in [0, 0.05) is 6.61 Å². The maximum Gasteiger partial charge on any atom is 0.242 e. The third-order valence-electron chi connectivity index (χ3n) is 7.75. The molecule has 2 amide bonds. The number of aliphatic hydroxyl groups excluding tert-OH is 1. The first-order valence-electron chi connectivity index (χ1n) is 13.1. The molecular formula is C33H32N2O4. The number of amides is 2. The van der Waals surface area contributed by atoms with Gasteiger partial charge in [0.1, 0.15) is 5.54 Å². The monoisotopic (exact) mass is 520 g/mol. The number of ether oxygens (including phenoxy) is 1. The molecule has 3 N–H and O–H groups in total. The molecule has 0 bridgehead atoms. The molecule has 0 aliphatic carbocycles. The number of likely N-dealkylation sites (tertiary alicyclic amines) is 1. The van der Waals surface area contributed by atoms with Crippen LogP contribution in [-0.4, -0.2) is 41.1 Å². The Hall–Kier alpha value is -4.26. The zero-order valence-corrected chi connectivity index (χ0v) is 21.6. The molecule has 4 aromatic carbocycles. The first-order chi connectivity index (χ1) is 19.1. The Morgan fingerprint density at radius 3 is 1.64 bits per heavy atom. The van der Waals surface area contributed by atoms with Crippen molar-refractivity contribution in [3.8, 4) is 0 Å². The summed E-state index contributed by atoms with van der Waals surface area (Å²) in [5.74, 6) is -1.18. The minimum atomic E-state index is -1.59. The van der Waals surface area contributed by atoms with Crippen LogP contribution in [0.5, 0.6) is 0 Å². The quantitative estimate of drug-likeness (QED) is 0.176. The molecule has 39 heavy (non-hydrogen) atoms. The summed E-state index contributed by atoms with van der Waals surface area (Å²) in [5, 5.41) is 9.98. The standard InChI is InChI=1S/C33H32N2O4/c34-30(37)32(21-22-36)29(24-39-23-25-13-5-1-6-14-25)35(31(32)38)33(26-15-7-2-8-16-26,27-17-9-3-10-18-27)28-19-11-4-12-20-28/h1-20,29,36H,21-24H2,(H2,34,37)/t29-,32-/m0/s1. The maximum absolute atomic E-state index is 14.4. The van der Waals surface area contributed by atoms with Gasteiger partial charge in [0.25, 0.3) is 0 Å². The van der Waals surface area contributed by atoms with Crippen LogP contribution in [0.3, 0.4) is 0 Å². The Kier molecular flexibility index (Phi) is 7.59. The Morgan fingerprint density at radius 1 is 0.795 bits per heavy atom. The SMILES string of the molecule is NC(=O)[C@@]1(CCO)C(=O)N(C(c2ccccc2)(c2ccccc2)c2ccccc2)[C@H]1COCc1ccccc1. The maximum atomic E-state index is 14.4. The second kappa shape index (κ2) is 11.2. The first-order valence-corrected chi connectivity index (χ1v) is 13.1. The van der Waals surface area contributed by atoms with E-state index >= 15 is 0 Å². The lowest BCUT2D eigenvalue weighted by Crippen LogP contribution is -2.79.